The molecule has 1 unspecified atom stereocenters. The molecule has 2 rings (SSSR count). The second-order valence-electron chi connectivity index (χ2n) is 4.75. The van der Waals surface area contributed by atoms with Crippen molar-refractivity contribution in [1.29, 1.82) is 0 Å². The lowest BCUT2D eigenvalue weighted by Gasteiger charge is -2.22. The van der Waals surface area contributed by atoms with Crippen molar-refractivity contribution in [2.45, 2.75) is 30.8 Å². The number of hydrogen-bond acceptors (Lipinski definition) is 5. The van der Waals surface area contributed by atoms with E-state index in [4.69, 9.17) is 9.47 Å². The summed E-state index contributed by atoms with van der Waals surface area (Å²) in [5.74, 6) is 0.428. The van der Waals surface area contributed by atoms with Crippen molar-refractivity contribution in [3.63, 3.8) is 0 Å². The van der Waals surface area contributed by atoms with Crippen LogP contribution >= 0.6 is 0 Å². The molecule has 0 radical (unpaired) electrons. The lowest BCUT2D eigenvalue weighted by atomic mass is 10.2. The quantitative estimate of drug-likeness (QED) is 0.838. The molecule has 1 fully saturated rings. The highest BCUT2D eigenvalue weighted by molar-refractivity contribution is 7.91. The van der Waals surface area contributed by atoms with Crippen molar-refractivity contribution in [2.75, 3.05) is 20.3 Å². The zero-order valence-corrected chi connectivity index (χ0v) is 12.1. The maximum absolute atomic E-state index is 12.4. The third kappa shape index (κ3) is 3.45. The van der Waals surface area contributed by atoms with Crippen LogP contribution in [-0.2, 0) is 20.3 Å². The summed E-state index contributed by atoms with van der Waals surface area (Å²) in [5.41, 5.74) is 1.26. The molecular weight excluding hydrogens is 266 g/mol. The molecule has 1 saturated heterocycles. The highest BCUT2D eigenvalue weighted by atomic mass is 32.2. The van der Waals surface area contributed by atoms with Gasteiger partial charge in [0.2, 0.25) is 0 Å². The van der Waals surface area contributed by atoms with Crippen LogP contribution in [0.3, 0.4) is 0 Å². The Balaban J connectivity index is 2.21. The standard InChI is InChI=1S/C13H19NO4S/c1-10-5-6-13(17-2)12(14-10)9-19(15,16)11-4-3-7-18-8-11/h5-6,11H,3-4,7-9H2,1-2H3. The molecule has 0 saturated carbocycles. The van der Waals surface area contributed by atoms with Gasteiger partial charge in [0.1, 0.15) is 5.75 Å². The molecule has 0 N–H and O–H groups in total. The minimum Gasteiger partial charge on any atom is -0.495 e. The fourth-order valence-corrected chi connectivity index (χ4v) is 3.84. The van der Waals surface area contributed by atoms with Gasteiger partial charge in [0.25, 0.3) is 0 Å². The maximum atomic E-state index is 12.4. The first-order valence-electron chi connectivity index (χ1n) is 6.33. The number of hydrogen-bond donors (Lipinski definition) is 0. The summed E-state index contributed by atoms with van der Waals surface area (Å²) < 4.78 is 35.1. The molecule has 0 aromatic carbocycles. The van der Waals surface area contributed by atoms with Crippen LogP contribution in [0.1, 0.15) is 24.2 Å². The van der Waals surface area contributed by atoms with Gasteiger partial charge in [-0.3, -0.25) is 4.98 Å². The highest BCUT2D eigenvalue weighted by Gasteiger charge is 2.29. The van der Waals surface area contributed by atoms with Crippen LogP contribution in [0.2, 0.25) is 0 Å². The summed E-state index contributed by atoms with van der Waals surface area (Å²) >= 11 is 0. The molecule has 5 nitrogen and oxygen atoms in total. The van der Waals surface area contributed by atoms with Gasteiger partial charge in [0, 0.05) is 12.3 Å². The molecule has 0 aliphatic carbocycles. The van der Waals surface area contributed by atoms with E-state index < -0.39 is 15.1 Å². The number of sulfone groups is 1. The van der Waals surface area contributed by atoms with E-state index in [1.165, 1.54) is 7.11 Å². The summed E-state index contributed by atoms with van der Waals surface area (Å²) in [6, 6.07) is 3.56. The Morgan fingerprint density at radius 2 is 2.26 bits per heavy atom. The molecule has 0 spiro atoms. The largest absolute Gasteiger partial charge is 0.495 e. The fourth-order valence-electron chi connectivity index (χ4n) is 2.19. The third-order valence-corrected chi connectivity index (χ3v) is 5.32. The molecule has 0 amide bonds. The third-order valence-electron chi connectivity index (χ3n) is 3.26. The first kappa shape index (κ1) is 14.3. The van der Waals surface area contributed by atoms with E-state index in [9.17, 15) is 8.42 Å². The van der Waals surface area contributed by atoms with Gasteiger partial charge in [-0.15, -0.1) is 0 Å². The van der Waals surface area contributed by atoms with Crippen LogP contribution in [-0.4, -0.2) is 39.0 Å². The van der Waals surface area contributed by atoms with Crippen molar-refractivity contribution in [3.8, 4) is 5.75 Å². The first-order valence-corrected chi connectivity index (χ1v) is 8.04. The lowest BCUT2D eigenvalue weighted by Crippen LogP contribution is -2.32. The Morgan fingerprint density at radius 1 is 1.47 bits per heavy atom. The van der Waals surface area contributed by atoms with Crippen LogP contribution in [0.5, 0.6) is 5.75 Å². The number of aryl methyl sites for hydroxylation is 1. The monoisotopic (exact) mass is 285 g/mol. The van der Waals surface area contributed by atoms with E-state index >= 15 is 0 Å². The number of rotatable bonds is 4. The number of pyridine rings is 1. The smallest absolute Gasteiger partial charge is 0.161 e. The Kier molecular flexibility index (Phi) is 4.42. The van der Waals surface area contributed by atoms with Gasteiger partial charge in [0.15, 0.2) is 9.84 Å². The second kappa shape index (κ2) is 5.88. The van der Waals surface area contributed by atoms with E-state index in [0.717, 1.165) is 12.1 Å². The zero-order chi connectivity index (χ0) is 13.9. The molecule has 1 aromatic rings. The number of ether oxygens (including phenoxy) is 2. The predicted octanol–water partition coefficient (Wildman–Crippen LogP) is 1.49. The molecule has 1 atom stereocenters. The topological polar surface area (TPSA) is 65.5 Å². The molecule has 6 heteroatoms. The van der Waals surface area contributed by atoms with Gasteiger partial charge >= 0.3 is 0 Å². The summed E-state index contributed by atoms with van der Waals surface area (Å²) in [6.45, 7) is 2.77. The van der Waals surface area contributed by atoms with E-state index in [1.54, 1.807) is 12.1 Å². The van der Waals surface area contributed by atoms with Crippen LogP contribution in [0.15, 0.2) is 12.1 Å². The number of methoxy groups -OCH3 is 1. The fraction of sp³-hybridized carbons (Fsp3) is 0.615. The van der Waals surface area contributed by atoms with Gasteiger partial charge < -0.3 is 9.47 Å². The number of nitrogens with zero attached hydrogens (tertiary/aromatic N) is 1. The van der Waals surface area contributed by atoms with Crippen molar-refractivity contribution < 1.29 is 17.9 Å². The predicted molar refractivity (Wildman–Crippen MR) is 72.0 cm³/mol. The van der Waals surface area contributed by atoms with Gasteiger partial charge in [-0.25, -0.2) is 8.42 Å². The maximum Gasteiger partial charge on any atom is 0.161 e. The minimum atomic E-state index is -3.25. The van der Waals surface area contributed by atoms with Gasteiger partial charge in [-0.2, -0.15) is 0 Å². The molecule has 1 aliphatic rings. The van der Waals surface area contributed by atoms with E-state index in [2.05, 4.69) is 4.98 Å². The Hall–Kier alpha value is -1.14. The van der Waals surface area contributed by atoms with Crippen molar-refractivity contribution in [2.24, 2.45) is 0 Å². The zero-order valence-electron chi connectivity index (χ0n) is 11.3. The molecule has 2 heterocycles. The first-order chi connectivity index (χ1) is 9.03. The summed E-state index contributed by atoms with van der Waals surface area (Å²) in [6.07, 6.45) is 1.46. The Bertz CT molecular complexity index is 536. The van der Waals surface area contributed by atoms with E-state index in [1.807, 2.05) is 6.92 Å². The average molecular weight is 285 g/mol. The second-order valence-corrected chi connectivity index (χ2v) is 7.03. The van der Waals surface area contributed by atoms with Crippen LogP contribution < -0.4 is 4.74 Å². The SMILES string of the molecule is COc1ccc(C)nc1CS(=O)(=O)C1CCCOC1. The van der Waals surface area contributed by atoms with Crippen LogP contribution in [0.25, 0.3) is 0 Å². The van der Waals surface area contributed by atoms with Crippen molar-refractivity contribution in [3.05, 3.63) is 23.5 Å². The molecular formula is C13H19NO4S. The van der Waals surface area contributed by atoms with Gasteiger partial charge in [0.05, 0.1) is 30.4 Å². The lowest BCUT2D eigenvalue weighted by molar-refractivity contribution is 0.0990. The van der Waals surface area contributed by atoms with Gasteiger partial charge in [-0.1, -0.05) is 0 Å². The molecule has 1 aromatic heterocycles. The Labute approximate surface area is 113 Å². The summed E-state index contributed by atoms with van der Waals surface area (Å²) in [4.78, 5) is 4.28. The molecule has 106 valence electrons. The molecule has 19 heavy (non-hydrogen) atoms. The minimum absolute atomic E-state index is 0.0914. The normalized spacial score (nSPS) is 20.2. The average Bonchev–Trinajstić information content (AvgIpc) is 2.39. The number of aromatic nitrogens is 1. The molecule has 1 aliphatic heterocycles. The van der Waals surface area contributed by atoms with Gasteiger partial charge in [-0.05, 0) is 31.9 Å². The van der Waals surface area contributed by atoms with E-state index in [0.29, 0.717) is 24.5 Å². The van der Waals surface area contributed by atoms with Crippen LogP contribution in [0.4, 0.5) is 0 Å². The van der Waals surface area contributed by atoms with Crippen LogP contribution in [0, 0.1) is 6.92 Å². The Morgan fingerprint density at radius 3 is 2.89 bits per heavy atom. The van der Waals surface area contributed by atoms with E-state index in [-0.39, 0.29) is 12.4 Å². The van der Waals surface area contributed by atoms with Crippen molar-refractivity contribution >= 4 is 9.84 Å². The van der Waals surface area contributed by atoms with Crippen molar-refractivity contribution in [1.82, 2.24) is 4.98 Å². The summed E-state index contributed by atoms with van der Waals surface area (Å²) in [7, 11) is -1.73. The molecule has 0 bridgehead atoms. The highest BCUT2D eigenvalue weighted by Crippen LogP contribution is 2.23. The summed E-state index contributed by atoms with van der Waals surface area (Å²) in [5, 5.41) is -0.423.